The molecule has 1 aromatic carbocycles. The molecule has 1 aromatic rings. The molecule has 0 spiro atoms. The van der Waals surface area contributed by atoms with Crippen LogP contribution in [0, 0.1) is 11.8 Å². The number of hydrogen-bond acceptors (Lipinski definition) is 4. The van der Waals surface area contributed by atoms with Gasteiger partial charge >= 0.3 is 5.97 Å². The number of phenols is 1. The number of carboxylic acid groups (broad SMARTS) is 1. The molecule has 1 aliphatic carbocycles. The molecule has 0 radical (unpaired) electrons. The molecule has 1 fully saturated rings. The third-order valence-electron chi connectivity index (χ3n) is 4.57. The van der Waals surface area contributed by atoms with Crippen molar-refractivity contribution in [3.05, 3.63) is 36.4 Å². The average Bonchev–Trinajstić information content (AvgIpc) is 2.82. The lowest BCUT2D eigenvalue weighted by molar-refractivity contribution is -0.137. The summed E-state index contributed by atoms with van der Waals surface area (Å²) in [7, 11) is 0. The van der Waals surface area contributed by atoms with Crippen molar-refractivity contribution in [2.75, 3.05) is 6.61 Å². The van der Waals surface area contributed by atoms with Gasteiger partial charge in [-0.05, 0) is 43.7 Å². The first-order chi connectivity index (χ1) is 12.0. The third kappa shape index (κ3) is 6.25. The Morgan fingerprint density at radius 1 is 1.32 bits per heavy atom. The number of carboxylic acids is 1. The van der Waals surface area contributed by atoms with E-state index in [1.165, 1.54) is 6.07 Å². The van der Waals surface area contributed by atoms with Crippen LogP contribution in [0.15, 0.2) is 36.4 Å². The van der Waals surface area contributed by atoms with Crippen LogP contribution in [-0.2, 0) is 4.79 Å². The molecular weight excluding hydrogens is 344 g/mol. The SMILES string of the molecule is O=C(O)CCCC=CC[C@@H]1[C@@H](COc2cccc(O)c2)[C@H](O)C[C@H]1Cl. The number of halogens is 1. The smallest absolute Gasteiger partial charge is 0.303 e. The van der Waals surface area contributed by atoms with Crippen molar-refractivity contribution in [1.29, 1.82) is 0 Å². The summed E-state index contributed by atoms with van der Waals surface area (Å²) < 4.78 is 5.72. The molecule has 2 rings (SSSR count). The molecule has 0 aromatic heterocycles. The van der Waals surface area contributed by atoms with E-state index < -0.39 is 12.1 Å². The lowest BCUT2D eigenvalue weighted by Crippen LogP contribution is -2.27. The van der Waals surface area contributed by atoms with Gasteiger partial charge in [0.2, 0.25) is 0 Å². The van der Waals surface area contributed by atoms with Crippen molar-refractivity contribution in [3.63, 3.8) is 0 Å². The largest absolute Gasteiger partial charge is 0.508 e. The quantitative estimate of drug-likeness (QED) is 0.352. The molecule has 1 aliphatic rings. The first-order valence-electron chi connectivity index (χ1n) is 8.58. The number of rotatable bonds is 9. The van der Waals surface area contributed by atoms with Gasteiger partial charge in [-0.15, -0.1) is 11.6 Å². The van der Waals surface area contributed by atoms with Crippen molar-refractivity contribution in [3.8, 4) is 11.5 Å². The highest BCUT2D eigenvalue weighted by Gasteiger charge is 2.41. The van der Waals surface area contributed by atoms with E-state index in [-0.39, 0.29) is 29.4 Å². The Labute approximate surface area is 152 Å². The van der Waals surface area contributed by atoms with E-state index in [0.29, 0.717) is 25.2 Å². The molecule has 3 N–H and O–H groups in total. The number of aliphatic hydroxyl groups is 1. The fraction of sp³-hybridized carbons (Fsp3) is 0.526. The van der Waals surface area contributed by atoms with Crippen molar-refractivity contribution >= 4 is 17.6 Å². The Balaban J connectivity index is 1.84. The monoisotopic (exact) mass is 368 g/mol. The summed E-state index contributed by atoms with van der Waals surface area (Å²) in [6.45, 7) is 0.339. The summed E-state index contributed by atoms with van der Waals surface area (Å²) >= 11 is 6.39. The van der Waals surface area contributed by atoms with Crippen LogP contribution in [0.1, 0.15) is 32.1 Å². The van der Waals surface area contributed by atoms with Crippen LogP contribution in [-0.4, -0.2) is 39.4 Å². The Morgan fingerprint density at radius 3 is 2.84 bits per heavy atom. The summed E-state index contributed by atoms with van der Waals surface area (Å²) in [5, 5.41) is 28.2. The van der Waals surface area contributed by atoms with E-state index in [1.807, 2.05) is 12.2 Å². The zero-order valence-electron chi connectivity index (χ0n) is 14.1. The molecule has 6 heteroatoms. The van der Waals surface area contributed by atoms with Crippen LogP contribution in [0.2, 0.25) is 0 Å². The van der Waals surface area contributed by atoms with Crippen molar-refractivity contribution < 1.29 is 24.9 Å². The molecule has 138 valence electrons. The number of alkyl halides is 1. The molecule has 5 nitrogen and oxygen atoms in total. The number of unbranched alkanes of at least 4 members (excludes halogenated alkanes) is 1. The van der Waals surface area contributed by atoms with Gasteiger partial charge in [0, 0.05) is 23.8 Å². The number of allylic oxidation sites excluding steroid dienone is 2. The van der Waals surface area contributed by atoms with Gasteiger partial charge in [0.05, 0.1) is 12.7 Å². The first-order valence-corrected chi connectivity index (χ1v) is 9.01. The Kier molecular flexibility index (Phi) is 7.59. The predicted molar refractivity (Wildman–Crippen MR) is 96.1 cm³/mol. The summed E-state index contributed by atoms with van der Waals surface area (Å²) in [4.78, 5) is 10.5. The second-order valence-electron chi connectivity index (χ2n) is 6.45. The number of ether oxygens (including phenoxy) is 1. The molecular formula is C19H25ClO5. The topological polar surface area (TPSA) is 87.0 Å². The number of aliphatic hydroxyl groups excluding tert-OH is 1. The number of phenolic OH excluding ortho intramolecular Hbond substituents is 1. The average molecular weight is 369 g/mol. The molecule has 0 bridgehead atoms. The lowest BCUT2D eigenvalue weighted by atomic mass is 9.92. The van der Waals surface area contributed by atoms with E-state index in [4.69, 9.17) is 21.4 Å². The molecule has 0 saturated heterocycles. The summed E-state index contributed by atoms with van der Waals surface area (Å²) in [6.07, 6.45) is 6.26. The number of hydrogen-bond donors (Lipinski definition) is 3. The second kappa shape index (κ2) is 9.68. The molecule has 0 aliphatic heterocycles. The lowest BCUT2D eigenvalue weighted by Gasteiger charge is -2.22. The minimum atomic E-state index is -0.780. The molecule has 0 amide bonds. The van der Waals surface area contributed by atoms with Gasteiger partial charge in [0.25, 0.3) is 0 Å². The Bertz CT molecular complexity index is 589. The number of carbonyl (C=O) groups is 1. The fourth-order valence-corrected chi connectivity index (χ4v) is 3.67. The Morgan fingerprint density at radius 2 is 2.12 bits per heavy atom. The minimum Gasteiger partial charge on any atom is -0.508 e. The summed E-state index contributed by atoms with van der Waals surface area (Å²) in [5.74, 6) is -0.0516. The van der Waals surface area contributed by atoms with E-state index in [1.54, 1.807) is 18.2 Å². The highest BCUT2D eigenvalue weighted by molar-refractivity contribution is 6.21. The molecule has 1 saturated carbocycles. The maximum Gasteiger partial charge on any atom is 0.303 e. The number of aliphatic carboxylic acids is 1. The molecule has 0 heterocycles. The van der Waals surface area contributed by atoms with Crippen LogP contribution >= 0.6 is 11.6 Å². The minimum absolute atomic E-state index is 0.0754. The maximum atomic E-state index is 10.5. The first kappa shape index (κ1) is 19.6. The van der Waals surface area contributed by atoms with Gasteiger partial charge < -0.3 is 20.1 Å². The summed E-state index contributed by atoms with van der Waals surface area (Å²) in [6, 6.07) is 6.58. The van der Waals surface area contributed by atoms with E-state index in [2.05, 4.69) is 0 Å². The van der Waals surface area contributed by atoms with Gasteiger partial charge in [0.1, 0.15) is 11.5 Å². The Hall–Kier alpha value is -1.72. The molecule has 25 heavy (non-hydrogen) atoms. The van der Waals surface area contributed by atoms with E-state index in [0.717, 1.165) is 12.8 Å². The van der Waals surface area contributed by atoms with Crippen molar-refractivity contribution in [2.24, 2.45) is 11.8 Å². The zero-order chi connectivity index (χ0) is 18.2. The van der Waals surface area contributed by atoms with Gasteiger partial charge in [-0.1, -0.05) is 18.2 Å². The van der Waals surface area contributed by atoms with Crippen molar-refractivity contribution in [2.45, 2.75) is 43.6 Å². The zero-order valence-corrected chi connectivity index (χ0v) is 14.8. The molecule has 4 atom stereocenters. The van der Waals surface area contributed by atoms with Crippen molar-refractivity contribution in [1.82, 2.24) is 0 Å². The highest BCUT2D eigenvalue weighted by atomic mass is 35.5. The van der Waals surface area contributed by atoms with Crippen LogP contribution in [0.3, 0.4) is 0 Å². The fourth-order valence-electron chi connectivity index (χ4n) is 3.20. The van der Waals surface area contributed by atoms with E-state index in [9.17, 15) is 15.0 Å². The molecule has 0 unspecified atom stereocenters. The standard InChI is InChI=1S/C19H25ClO5/c20-17-11-18(22)16(12-25-14-7-5-6-13(21)10-14)15(17)8-3-1-2-4-9-19(23)24/h1,3,5-7,10,15-18,21-22H,2,4,8-9,11-12H2,(H,23,24)/t15-,16-,17-,18-/m1/s1. The van der Waals surface area contributed by atoms with Gasteiger partial charge in [0.15, 0.2) is 0 Å². The second-order valence-corrected chi connectivity index (χ2v) is 7.01. The van der Waals surface area contributed by atoms with Crippen LogP contribution in [0.4, 0.5) is 0 Å². The summed E-state index contributed by atoms with van der Waals surface area (Å²) in [5.41, 5.74) is 0. The number of aromatic hydroxyl groups is 1. The number of benzene rings is 1. The van der Waals surface area contributed by atoms with Gasteiger partial charge in [-0.2, -0.15) is 0 Å². The maximum absolute atomic E-state index is 10.5. The van der Waals surface area contributed by atoms with Gasteiger partial charge in [-0.3, -0.25) is 4.79 Å². The van der Waals surface area contributed by atoms with E-state index >= 15 is 0 Å². The van der Waals surface area contributed by atoms with Crippen LogP contribution in [0.5, 0.6) is 11.5 Å². The van der Waals surface area contributed by atoms with Crippen LogP contribution < -0.4 is 4.74 Å². The highest BCUT2D eigenvalue weighted by Crippen LogP contribution is 2.39. The third-order valence-corrected chi connectivity index (χ3v) is 5.07. The van der Waals surface area contributed by atoms with Crippen LogP contribution in [0.25, 0.3) is 0 Å². The predicted octanol–water partition coefficient (Wildman–Crippen LogP) is 3.58. The normalized spacial score (nSPS) is 26.2. The van der Waals surface area contributed by atoms with Gasteiger partial charge in [-0.25, -0.2) is 0 Å².